The van der Waals surface area contributed by atoms with Gasteiger partial charge in [-0.2, -0.15) is 0 Å². The first-order valence-electron chi connectivity index (χ1n) is 8.13. The van der Waals surface area contributed by atoms with Crippen molar-refractivity contribution in [2.24, 2.45) is 0 Å². The minimum Gasteiger partial charge on any atom is -0.872 e. The van der Waals surface area contributed by atoms with Gasteiger partial charge in [-0.05, 0) is 33.2 Å². The summed E-state index contributed by atoms with van der Waals surface area (Å²) in [6.07, 6.45) is 1.20. The first-order valence-corrected chi connectivity index (χ1v) is 8.13. The van der Waals surface area contributed by atoms with Gasteiger partial charge in [0.05, 0.1) is 0 Å². The number of ketones is 1. The van der Waals surface area contributed by atoms with E-state index >= 15 is 0 Å². The van der Waals surface area contributed by atoms with Gasteiger partial charge >= 0.3 is 0 Å². The van der Waals surface area contributed by atoms with E-state index in [9.17, 15) is 9.90 Å². The summed E-state index contributed by atoms with van der Waals surface area (Å²) in [4.78, 5) is 12.7. The Balaban J connectivity index is 1.80. The first kappa shape index (κ1) is 15.2. The Bertz CT molecular complexity index is 1110. The van der Waals surface area contributed by atoms with Crippen LogP contribution in [0.5, 0.6) is 0 Å². The quantitative estimate of drug-likeness (QED) is 0.314. The average molecular weight is 323 g/mol. The standard InChI is InChI=1S/C23H16O2/c24-22(20-13-5-9-16-7-1-3-11-18(16)20)15-23(25)21-14-6-10-17-8-2-4-12-19(17)21/h1-15,24H/p-1/b22-15-. The lowest BCUT2D eigenvalue weighted by atomic mass is 9.99. The molecular weight excluding hydrogens is 308 g/mol. The van der Waals surface area contributed by atoms with Crippen LogP contribution in [0, 0.1) is 0 Å². The average Bonchev–Trinajstić information content (AvgIpc) is 2.67. The Labute approximate surface area is 145 Å². The zero-order valence-electron chi connectivity index (χ0n) is 13.5. The van der Waals surface area contributed by atoms with Crippen LogP contribution >= 0.6 is 0 Å². The molecule has 0 aliphatic carbocycles. The van der Waals surface area contributed by atoms with Crippen LogP contribution in [0.4, 0.5) is 0 Å². The molecule has 0 saturated carbocycles. The summed E-state index contributed by atoms with van der Waals surface area (Å²) in [6.45, 7) is 0. The van der Waals surface area contributed by atoms with Crippen LogP contribution in [0.3, 0.4) is 0 Å². The van der Waals surface area contributed by atoms with Crippen molar-refractivity contribution in [2.75, 3.05) is 0 Å². The van der Waals surface area contributed by atoms with E-state index in [4.69, 9.17) is 0 Å². The normalized spacial score (nSPS) is 11.8. The van der Waals surface area contributed by atoms with Crippen molar-refractivity contribution >= 4 is 33.1 Å². The topological polar surface area (TPSA) is 40.1 Å². The lowest BCUT2D eigenvalue weighted by Gasteiger charge is -2.15. The first-order chi connectivity index (χ1) is 12.2. The molecule has 0 radical (unpaired) electrons. The Kier molecular flexibility index (Phi) is 3.79. The van der Waals surface area contributed by atoms with Crippen LogP contribution < -0.4 is 5.11 Å². The Morgan fingerprint density at radius 1 is 0.640 bits per heavy atom. The molecule has 0 fully saturated rings. The third kappa shape index (κ3) is 2.79. The molecule has 2 heteroatoms. The molecule has 0 spiro atoms. The number of hydrogen-bond acceptors (Lipinski definition) is 2. The number of hydrogen-bond donors (Lipinski definition) is 0. The molecule has 25 heavy (non-hydrogen) atoms. The van der Waals surface area contributed by atoms with Crippen LogP contribution in [0.25, 0.3) is 27.3 Å². The smallest absolute Gasteiger partial charge is 0.185 e. The van der Waals surface area contributed by atoms with E-state index in [0.717, 1.165) is 21.5 Å². The molecule has 0 aliphatic rings. The summed E-state index contributed by atoms with van der Waals surface area (Å²) in [6, 6.07) is 26.5. The van der Waals surface area contributed by atoms with Crippen LogP contribution in [-0.4, -0.2) is 5.78 Å². The maximum Gasteiger partial charge on any atom is 0.185 e. The van der Waals surface area contributed by atoms with Gasteiger partial charge in [0.1, 0.15) is 0 Å². The molecule has 0 amide bonds. The monoisotopic (exact) mass is 323 g/mol. The van der Waals surface area contributed by atoms with Crippen molar-refractivity contribution in [1.29, 1.82) is 0 Å². The van der Waals surface area contributed by atoms with Crippen molar-refractivity contribution in [1.82, 2.24) is 0 Å². The van der Waals surface area contributed by atoms with Crippen LogP contribution in [0.2, 0.25) is 0 Å². The van der Waals surface area contributed by atoms with Crippen molar-refractivity contribution in [2.45, 2.75) is 0 Å². The van der Waals surface area contributed by atoms with Crippen LogP contribution in [-0.2, 0) is 0 Å². The fourth-order valence-electron chi connectivity index (χ4n) is 3.16. The van der Waals surface area contributed by atoms with Gasteiger partial charge in [-0.1, -0.05) is 90.7 Å². The molecule has 0 aliphatic heterocycles. The minimum absolute atomic E-state index is 0.269. The van der Waals surface area contributed by atoms with E-state index in [1.807, 2.05) is 72.8 Å². The Morgan fingerprint density at radius 2 is 1.12 bits per heavy atom. The zero-order chi connectivity index (χ0) is 17.2. The second kappa shape index (κ2) is 6.25. The fraction of sp³-hybridized carbons (Fsp3) is 0. The van der Waals surface area contributed by atoms with Crippen molar-refractivity contribution in [3.63, 3.8) is 0 Å². The van der Waals surface area contributed by atoms with Gasteiger partial charge in [-0.25, -0.2) is 0 Å². The van der Waals surface area contributed by atoms with Gasteiger partial charge in [-0.3, -0.25) is 4.79 Å². The third-order valence-corrected chi connectivity index (χ3v) is 4.37. The zero-order valence-corrected chi connectivity index (χ0v) is 13.5. The van der Waals surface area contributed by atoms with Crippen LogP contribution in [0.15, 0.2) is 91.0 Å². The molecule has 0 aromatic heterocycles. The van der Waals surface area contributed by atoms with Gasteiger partial charge in [-0.15, -0.1) is 0 Å². The highest BCUT2D eigenvalue weighted by Crippen LogP contribution is 2.24. The minimum atomic E-state index is -0.269. The van der Waals surface area contributed by atoms with E-state index in [2.05, 4.69) is 0 Å². The highest BCUT2D eigenvalue weighted by molar-refractivity contribution is 6.15. The summed E-state index contributed by atoms with van der Waals surface area (Å²) in [7, 11) is 0. The van der Waals surface area contributed by atoms with Gasteiger partial charge in [0, 0.05) is 5.56 Å². The van der Waals surface area contributed by atoms with E-state index in [1.54, 1.807) is 12.1 Å². The molecule has 0 atom stereocenters. The van der Waals surface area contributed by atoms with Crippen LogP contribution in [0.1, 0.15) is 15.9 Å². The highest BCUT2D eigenvalue weighted by Gasteiger charge is 2.08. The summed E-state index contributed by atoms with van der Waals surface area (Å²) in [5, 5.41) is 16.4. The molecule has 0 heterocycles. The second-order valence-electron chi connectivity index (χ2n) is 5.93. The lowest BCUT2D eigenvalue weighted by Crippen LogP contribution is -2.07. The molecular formula is C23H15O2-. The predicted octanol–water partition coefficient (Wildman–Crippen LogP) is 4.58. The molecule has 0 bridgehead atoms. The Morgan fingerprint density at radius 3 is 1.76 bits per heavy atom. The lowest BCUT2D eigenvalue weighted by molar-refractivity contribution is -0.243. The number of carbonyl (C=O) groups is 1. The van der Waals surface area contributed by atoms with Gasteiger partial charge in [0.25, 0.3) is 0 Å². The molecule has 0 saturated heterocycles. The number of fused-ring (bicyclic) bond motifs is 2. The molecule has 120 valence electrons. The van der Waals surface area contributed by atoms with Crippen molar-refractivity contribution in [3.05, 3.63) is 102 Å². The van der Waals surface area contributed by atoms with Crippen molar-refractivity contribution < 1.29 is 9.90 Å². The number of benzene rings is 4. The number of allylic oxidation sites excluding steroid dienone is 1. The summed E-state index contributed by atoms with van der Waals surface area (Å²) < 4.78 is 0. The Hall–Kier alpha value is -3.39. The number of rotatable bonds is 3. The second-order valence-corrected chi connectivity index (χ2v) is 5.93. The molecule has 0 unspecified atom stereocenters. The summed E-state index contributed by atoms with van der Waals surface area (Å²) in [5.41, 5.74) is 1.10. The summed E-state index contributed by atoms with van der Waals surface area (Å²) >= 11 is 0. The number of carbonyl (C=O) groups excluding carboxylic acids is 1. The highest BCUT2D eigenvalue weighted by atomic mass is 16.3. The summed E-state index contributed by atoms with van der Waals surface area (Å²) in [5.74, 6) is -0.538. The maximum atomic E-state index is 12.7. The SMILES string of the molecule is O=C(/C=C(\[O-])c1cccc2ccccc12)c1cccc2ccccc12. The predicted molar refractivity (Wildman–Crippen MR) is 100 cm³/mol. The van der Waals surface area contributed by atoms with Gasteiger partial charge < -0.3 is 5.11 Å². The molecule has 2 nitrogen and oxygen atoms in total. The molecule has 4 rings (SSSR count). The maximum absolute atomic E-state index is 12.7. The van der Waals surface area contributed by atoms with E-state index in [-0.39, 0.29) is 11.5 Å². The molecule has 0 N–H and O–H groups in total. The van der Waals surface area contributed by atoms with Crippen molar-refractivity contribution in [3.8, 4) is 0 Å². The van der Waals surface area contributed by atoms with E-state index < -0.39 is 0 Å². The van der Waals surface area contributed by atoms with E-state index in [1.165, 1.54) is 6.08 Å². The molecule has 4 aromatic rings. The van der Waals surface area contributed by atoms with E-state index in [0.29, 0.717) is 11.1 Å². The third-order valence-electron chi connectivity index (χ3n) is 4.37. The molecule has 4 aromatic carbocycles. The fourth-order valence-corrected chi connectivity index (χ4v) is 3.16. The van der Waals surface area contributed by atoms with Gasteiger partial charge in [0.2, 0.25) is 0 Å². The largest absolute Gasteiger partial charge is 0.872 e. The van der Waals surface area contributed by atoms with Gasteiger partial charge in [0.15, 0.2) is 5.78 Å².